The summed E-state index contributed by atoms with van der Waals surface area (Å²) >= 11 is 0. The highest BCUT2D eigenvalue weighted by Crippen LogP contribution is 2.15. The number of rotatable bonds is 7. The monoisotopic (exact) mass is 260 g/mol. The summed E-state index contributed by atoms with van der Waals surface area (Å²) in [6, 6.07) is 5.79. The van der Waals surface area contributed by atoms with E-state index in [0.29, 0.717) is 12.5 Å². The summed E-state index contributed by atoms with van der Waals surface area (Å²) in [4.78, 5) is 10.9. The summed E-state index contributed by atoms with van der Waals surface area (Å²) in [5, 5.41) is 3.20. The summed E-state index contributed by atoms with van der Waals surface area (Å²) in [5.74, 6) is 2.52. The van der Waals surface area contributed by atoms with Gasteiger partial charge in [-0.3, -0.25) is 0 Å². The van der Waals surface area contributed by atoms with Gasteiger partial charge in [-0.15, -0.1) is 0 Å². The molecule has 0 spiro atoms. The Labute approximate surface area is 113 Å². The van der Waals surface area contributed by atoms with Crippen LogP contribution in [0.2, 0.25) is 0 Å². The molecule has 5 nitrogen and oxygen atoms in total. The molecule has 2 heterocycles. The van der Waals surface area contributed by atoms with Gasteiger partial charge < -0.3 is 14.6 Å². The van der Waals surface area contributed by atoms with Crippen molar-refractivity contribution in [3.63, 3.8) is 0 Å². The first kappa shape index (κ1) is 13.4. The minimum Gasteiger partial charge on any atom is -0.467 e. The van der Waals surface area contributed by atoms with Crippen LogP contribution in [0.25, 0.3) is 0 Å². The molecule has 0 atom stereocenters. The zero-order valence-electron chi connectivity index (χ0n) is 11.5. The number of nitrogens with zero attached hydrogens (tertiary/aromatic N) is 3. The first-order chi connectivity index (χ1) is 9.33. The van der Waals surface area contributed by atoms with E-state index >= 15 is 0 Å². The molecule has 0 aliphatic carbocycles. The fourth-order valence-electron chi connectivity index (χ4n) is 1.79. The molecule has 102 valence electrons. The number of aromatic nitrogens is 2. The number of furan rings is 1. The van der Waals surface area contributed by atoms with E-state index in [4.69, 9.17) is 4.42 Å². The molecule has 0 fully saturated rings. The van der Waals surface area contributed by atoms with Crippen molar-refractivity contribution in [2.24, 2.45) is 0 Å². The van der Waals surface area contributed by atoms with Gasteiger partial charge in [0, 0.05) is 19.3 Å². The molecule has 0 radical (unpaired) electrons. The molecule has 0 amide bonds. The van der Waals surface area contributed by atoms with Gasteiger partial charge in [0.05, 0.1) is 12.8 Å². The van der Waals surface area contributed by atoms with E-state index in [-0.39, 0.29) is 0 Å². The number of hydrogen-bond donors (Lipinski definition) is 1. The van der Waals surface area contributed by atoms with Gasteiger partial charge in [-0.1, -0.05) is 6.92 Å². The second kappa shape index (κ2) is 6.78. The molecule has 2 aromatic rings. The summed E-state index contributed by atoms with van der Waals surface area (Å²) in [6.45, 7) is 6.68. The SMILES string of the molecule is CCCNc1nccc(N(CC)Cc2ccco2)n1. The fourth-order valence-corrected chi connectivity index (χ4v) is 1.79. The van der Waals surface area contributed by atoms with Gasteiger partial charge in [0.25, 0.3) is 0 Å². The van der Waals surface area contributed by atoms with Crippen LogP contribution in [0.15, 0.2) is 35.1 Å². The molecule has 0 aliphatic heterocycles. The molecule has 0 saturated carbocycles. The Hall–Kier alpha value is -2.04. The second-order valence-corrected chi connectivity index (χ2v) is 4.26. The van der Waals surface area contributed by atoms with Gasteiger partial charge in [-0.2, -0.15) is 4.98 Å². The Balaban J connectivity index is 2.09. The van der Waals surface area contributed by atoms with Crippen LogP contribution in [-0.4, -0.2) is 23.1 Å². The predicted molar refractivity (Wildman–Crippen MR) is 76.2 cm³/mol. The Kier molecular flexibility index (Phi) is 4.78. The van der Waals surface area contributed by atoms with E-state index in [1.807, 2.05) is 18.2 Å². The van der Waals surface area contributed by atoms with Crippen LogP contribution in [0, 0.1) is 0 Å². The van der Waals surface area contributed by atoms with E-state index in [1.54, 1.807) is 12.5 Å². The van der Waals surface area contributed by atoms with E-state index in [1.165, 1.54) is 0 Å². The maximum atomic E-state index is 5.38. The minimum atomic E-state index is 0.678. The molecule has 19 heavy (non-hydrogen) atoms. The van der Waals surface area contributed by atoms with Crippen LogP contribution in [0.5, 0.6) is 0 Å². The fraction of sp³-hybridized carbons (Fsp3) is 0.429. The van der Waals surface area contributed by atoms with Crippen molar-refractivity contribution in [2.45, 2.75) is 26.8 Å². The van der Waals surface area contributed by atoms with E-state index in [2.05, 4.69) is 34.0 Å². The average molecular weight is 260 g/mol. The van der Waals surface area contributed by atoms with E-state index in [9.17, 15) is 0 Å². The molecule has 5 heteroatoms. The van der Waals surface area contributed by atoms with Crippen molar-refractivity contribution < 1.29 is 4.42 Å². The van der Waals surface area contributed by atoms with Crippen LogP contribution in [0.4, 0.5) is 11.8 Å². The highest BCUT2D eigenvalue weighted by Gasteiger charge is 2.09. The van der Waals surface area contributed by atoms with Crippen LogP contribution in [0.1, 0.15) is 26.0 Å². The minimum absolute atomic E-state index is 0.678. The Morgan fingerprint density at radius 1 is 1.32 bits per heavy atom. The Morgan fingerprint density at radius 2 is 2.21 bits per heavy atom. The molecule has 0 saturated heterocycles. The number of hydrogen-bond acceptors (Lipinski definition) is 5. The van der Waals surface area contributed by atoms with Gasteiger partial charge in [-0.05, 0) is 31.5 Å². The Morgan fingerprint density at radius 3 is 2.89 bits per heavy atom. The van der Waals surface area contributed by atoms with Crippen LogP contribution >= 0.6 is 0 Å². The average Bonchev–Trinajstić information content (AvgIpc) is 2.96. The maximum absolute atomic E-state index is 5.38. The van der Waals surface area contributed by atoms with Gasteiger partial charge in [0.1, 0.15) is 11.6 Å². The third kappa shape index (κ3) is 3.71. The quantitative estimate of drug-likeness (QED) is 0.829. The third-order valence-corrected chi connectivity index (χ3v) is 2.81. The summed E-state index contributed by atoms with van der Waals surface area (Å²) < 4.78 is 5.38. The molecule has 2 aromatic heterocycles. The summed E-state index contributed by atoms with van der Waals surface area (Å²) in [6.07, 6.45) is 4.53. The first-order valence-corrected chi connectivity index (χ1v) is 6.67. The molecule has 0 aliphatic rings. The lowest BCUT2D eigenvalue weighted by Crippen LogP contribution is -2.23. The topological polar surface area (TPSA) is 54.2 Å². The second-order valence-electron chi connectivity index (χ2n) is 4.26. The largest absolute Gasteiger partial charge is 0.467 e. The zero-order chi connectivity index (χ0) is 13.5. The van der Waals surface area contributed by atoms with Crippen molar-refractivity contribution in [3.05, 3.63) is 36.4 Å². The van der Waals surface area contributed by atoms with Crippen molar-refractivity contribution in [2.75, 3.05) is 23.3 Å². The van der Waals surface area contributed by atoms with Gasteiger partial charge >= 0.3 is 0 Å². The third-order valence-electron chi connectivity index (χ3n) is 2.81. The summed E-state index contributed by atoms with van der Waals surface area (Å²) in [5.41, 5.74) is 0. The van der Waals surface area contributed by atoms with Crippen LogP contribution in [-0.2, 0) is 6.54 Å². The van der Waals surface area contributed by atoms with Gasteiger partial charge in [0.2, 0.25) is 5.95 Å². The highest BCUT2D eigenvalue weighted by atomic mass is 16.3. The maximum Gasteiger partial charge on any atom is 0.224 e. The molecular formula is C14H20N4O. The lowest BCUT2D eigenvalue weighted by molar-refractivity contribution is 0.503. The van der Waals surface area contributed by atoms with Crippen molar-refractivity contribution in [3.8, 4) is 0 Å². The van der Waals surface area contributed by atoms with Gasteiger partial charge in [-0.25, -0.2) is 4.98 Å². The molecule has 0 bridgehead atoms. The van der Waals surface area contributed by atoms with Crippen molar-refractivity contribution in [1.82, 2.24) is 9.97 Å². The van der Waals surface area contributed by atoms with E-state index in [0.717, 1.165) is 31.1 Å². The smallest absolute Gasteiger partial charge is 0.224 e. The molecule has 2 rings (SSSR count). The van der Waals surface area contributed by atoms with Crippen molar-refractivity contribution in [1.29, 1.82) is 0 Å². The first-order valence-electron chi connectivity index (χ1n) is 6.67. The van der Waals surface area contributed by atoms with Gasteiger partial charge in [0.15, 0.2) is 0 Å². The molecule has 1 N–H and O–H groups in total. The zero-order valence-corrected chi connectivity index (χ0v) is 11.5. The Bertz CT molecular complexity index is 484. The van der Waals surface area contributed by atoms with Crippen LogP contribution in [0.3, 0.4) is 0 Å². The molecule has 0 unspecified atom stereocenters. The van der Waals surface area contributed by atoms with E-state index < -0.39 is 0 Å². The highest BCUT2D eigenvalue weighted by molar-refractivity contribution is 5.42. The van der Waals surface area contributed by atoms with Crippen molar-refractivity contribution >= 4 is 11.8 Å². The molecular weight excluding hydrogens is 240 g/mol. The lowest BCUT2D eigenvalue weighted by atomic mass is 10.4. The normalized spacial score (nSPS) is 10.4. The number of anilines is 2. The number of nitrogens with one attached hydrogen (secondary N) is 1. The van der Waals surface area contributed by atoms with Crippen LogP contribution < -0.4 is 10.2 Å². The standard InChI is InChI=1S/C14H20N4O/c1-3-8-15-14-16-9-7-13(17-14)18(4-2)11-12-6-5-10-19-12/h5-7,9-10H,3-4,8,11H2,1-2H3,(H,15,16,17). The molecule has 0 aromatic carbocycles. The lowest BCUT2D eigenvalue weighted by Gasteiger charge is -2.21. The predicted octanol–water partition coefficient (Wildman–Crippen LogP) is 2.92. The summed E-state index contributed by atoms with van der Waals surface area (Å²) in [7, 11) is 0.